The fourth-order valence-electron chi connectivity index (χ4n) is 2.39. The molecule has 1 aromatic heterocycles. The highest BCUT2D eigenvalue weighted by Crippen LogP contribution is 2.36. The van der Waals surface area contributed by atoms with Gasteiger partial charge in [0.25, 0.3) is 0 Å². The van der Waals surface area contributed by atoms with Crippen LogP contribution in [0.1, 0.15) is 11.1 Å². The van der Waals surface area contributed by atoms with E-state index in [0.29, 0.717) is 10.7 Å². The molecule has 0 aliphatic heterocycles. The Morgan fingerprint density at radius 1 is 1.15 bits per heavy atom. The highest BCUT2D eigenvalue weighted by Gasteiger charge is 2.33. The Bertz CT molecular complexity index is 1030. The van der Waals surface area contributed by atoms with Crippen LogP contribution in [0.5, 0.6) is 0 Å². The minimum Gasteiger partial charge on any atom is -0.345 e. The standard InChI is InChI=1S/C17H11Cl2F3N4O/c18-13-6-5-9(7-12(13)17(20,21)22)24-16(27)26-23-8-11-10-3-1-2-4-14(10)25-15(11)19/h1-8,25H,(H2,24,26,27). The lowest BCUT2D eigenvalue weighted by Gasteiger charge is -2.11. The van der Waals surface area contributed by atoms with Crippen molar-refractivity contribution in [2.24, 2.45) is 5.10 Å². The number of hydrazone groups is 1. The van der Waals surface area contributed by atoms with Crippen LogP contribution in [0.3, 0.4) is 0 Å². The molecule has 2 aromatic carbocycles. The summed E-state index contributed by atoms with van der Waals surface area (Å²) in [5.74, 6) is 0. The van der Waals surface area contributed by atoms with Crippen molar-refractivity contribution >= 4 is 52.0 Å². The zero-order valence-electron chi connectivity index (χ0n) is 13.4. The summed E-state index contributed by atoms with van der Waals surface area (Å²) in [6.45, 7) is 0. The molecule has 140 valence electrons. The van der Waals surface area contributed by atoms with E-state index in [-0.39, 0.29) is 5.69 Å². The summed E-state index contributed by atoms with van der Waals surface area (Å²) in [6.07, 6.45) is -3.29. The molecule has 0 bridgehead atoms. The number of aromatic nitrogens is 1. The number of carbonyl (C=O) groups is 1. The van der Waals surface area contributed by atoms with Crippen LogP contribution in [-0.2, 0) is 6.18 Å². The molecule has 2 amide bonds. The van der Waals surface area contributed by atoms with Gasteiger partial charge in [0, 0.05) is 22.2 Å². The Morgan fingerprint density at radius 2 is 1.89 bits per heavy atom. The van der Waals surface area contributed by atoms with Gasteiger partial charge in [0.15, 0.2) is 0 Å². The lowest BCUT2D eigenvalue weighted by atomic mass is 10.2. The molecule has 5 nitrogen and oxygen atoms in total. The number of rotatable bonds is 3. The lowest BCUT2D eigenvalue weighted by molar-refractivity contribution is -0.137. The molecule has 0 saturated heterocycles. The smallest absolute Gasteiger partial charge is 0.345 e. The van der Waals surface area contributed by atoms with Gasteiger partial charge in [-0.3, -0.25) is 0 Å². The molecule has 0 aliphatic carbocycles. The van der Waals surface area contributed by atoms with Gasteiger partial charge in [-0.15, -0.1) is 0 Å². The van der Waals surface area contributed by atoms with Gasteiger partial charge in [0.05, 0.1) is 16.8 Å². The first kappa shape index (κ1) is 19.1. The Kier molecular flexibility index (Phi) is 5.29. The first-order valence-corrected chi connectivity index (χ1v) is 8.24. The van der Waals surface area contributed by atoms with Crippen molar-refractivity contribution in [1.82, 2.24) is 10.4 Å². The minimum atomic E-state index is -4.63. The van der Waals surface area contributed by atoms with E-state index >= 15 is 0 Å². The number of alkyl halides is 3. The molecule has 1 heterocycles. The SMILES string of the molecule is O=C(NN=Cc1c(Cl)[nH]c2ccccc12)Nc1ccc(Cl)c(C(F)(F)F)c1. The topological polar surface area (TPSA) is 69.3 Å². The molecule has 27 heavy (non-hydrogen) atoms. The average molecular weight is 415 g/mol. The van der Waals surface area contributed by atoms with E-state index < -0.39 is 22.8 Å². The Hall–Kier alpha value is -2.71. The number of para-hydroxylation sites is 1. The molecule has 3 N–H and O–H groups in total. The van der Waals surface area contributed by atoms with Gasteiger partial charge in [-0.1, -0.05) is 41.4 Å². The van der Waals surface area contributed by atoms with Crippen molar-refractivity contribution in [3.8, 4) is 0 Å². The first-order chi connectivity index (χ1) is 12.8. The van der Waals surface area contributed by atoms with Crippen molar-refractivity contribution in [1.29, 1.82) is 0 Å². The third kappa shape index (κ3) is 4.35. The van der Waals surface area contributed by atoms with Crippen molar-refractivity contribution < 1.29 is 18.0 Å². The van der Waals surface area contributed by atoms with E-state index in [2.05, 4.69) is 20.8 Å². The van der Waals surface area contributed by atoms with Gasteiger partial charge in [0.2, 0.25) is 0 Å². The maximum Gasteiger partial charge on any atom is 0.417 e. The number of nitrogens with one attached hydrogen (secondary N) is 3. The fraction of sp³-hybridized carbons (Fsp3) is 0.0588. The average Bonchev–Trinajstić information content (AvgIpc) is 2.91. The van der Waals surface area contributed by atoms with E-state index in [1.807, 2.05) is 24.3 Å². The summed E-state index contributed by atoms with van der Waals surface area (Å²) in [5.41, 5.74) is 2.41. The van der Waals surface area contributed by atoms with Crippen molar-refractivity contribution in [3.05, 3.63) is 63.8 Å². The van der Waals surface area contributed by atoms with Gasteiger partial charge in [-0.25, -0.2) is 10.2 Å². The van der Waals surface area contributed by atoms with Crippen LogP contribution in [0.15, 0.2) is 47.6 Å². The number of fused-ring (bicyclic) bond motifs is 1. The van der Waals surface area contributed by atoms with E-state index in [1.165, 1.54) is 12.3 Å². The summed E-state index contributed by atoms with van der Waals surface area (Å²) in [5, 5.41) is 6.71. The molecule has 0 atom stereocenters. The second-order valence-electron chi connectivity index (χ2n) is 5.41. The molecule has 3 rings (SSSR count). The fourth-order valence-corrected chi connectivity index (χ4v) is 2.87. The summed E-state index contributed by atoms with van der Waals surface area (Å²) in [7, 11) is 0. The molecule has 10 heteroatoms. The zero-order chi connectivity index (χ0) is 19.6. The quantitative estimate of drug-likeness (QED) is 0.376. The third-order valence-corrected chi connectivity index (χ3v) is 4.22. The number of anilines is 1. The number of hydrogen-bond acceptors (Lipinski definition) is 2. The van der Waals surface area contributed by atoms with Crippen molar-refractivity contribution in [2.45, 2.75) is 6.18 Å². The highest BCUT2D eigenvalue weighted by atomic mass is 35.5. The molecular formula is C17H11Cl2F3N4O. The summed E-state index contributed by atoms with van der Waals surface area (Å²) >= 11 is 11.6. The number of nitrogens with zero attached hydrogens (tertiary/aromatic N) is 1. The van der Waals surface area contributed by atoms with Gasteiger partial charge in [-0.2, -0.15) is 18.3 Å². The van der Waals surface area contributed by atoms with Crippen LogP contribution < -0.4 is 10.7 Å². The van der Waals surface area contributed by atoms with E-state index in [9.17, 15) is 18.0 Å². The predicted octanol–water partition coefficient (Wildman–Crippen LogP) is 5.65. The first-order valence-electron chi connectivity index (χ1n) is 7.48. The molecule has 0 saturated carbocycles. The Labute approximate surface area is 161 Å². The third-order valence-electron chi connectivity index (χ3n) is 3.59. The van der Waals surface area contributed by atoms with Crippen LogP contribution in [0.4, 0.5) is 23.7 Å². The zero-order valence-corrected chi connectivity index (χ0v) is 14.9. The van der Waals surface area contributed by atoms with Crippen molar-refractivity contribution in [3.63, 3.8) is 0 Å². The van der Waals surface area contributed by atoms with Gasteiger partial charge < -0.3 is 10.3 Å². The van der Waals surface area contributed by atoms with Crippen LogP contribution >= 0.6 is 23.2 Å². The van der Waals surface area contributed by atoms with E-state index in [4.69, 9.17) is 23.2 Å². The number of urea groups is 1. The van der Waals surface area contributed by atoms with Gasteiger partial charge >= 0.3 is 12.2 Å². The lowest BCUT2D eigenvalue weighted by Crippen LogP contribution is -2.24. The van der Waals surface area contributed by atoms with Crippen LogP contribution in [0, 0.1) is 0 Å². The molecule has 0 radical (unpaired) electrons. The largest absolute Gasteiger partial charge is 0.417 e. The Balaban J connectivity index is 1.70. The van der Waals surface area contributed by atoms with E-state index in [1.54, 1.807) is 0 Å². The van der Waals surface area contributed by atoms with E-state index in [0.717, 1.165) is 23.0 Å². The van der Waals surface area contributed by atoms with Crippen LogP contribution in [-0.4, -0.2) is 17.2 Å². The normalized spacial score (nSPS) is 11.9. The van der Waals surface area contributed by atoms with Gasteiger partial charge in [0.1, 0.15) is 5.15 Å². The molecule has 3 aromatic rings. The summed E-state index contributed by atoms with van der Waals surface area (Å²) in [4.78, 5) is 14.8. The summed E-state index contributed by atoms with van der Waals surface area (Å²) < 4.78 is 38.5. The van der Waals surface area contributed by atoms with Crippen molar-refractivity contribution in [2.75, 3.05) is 5.32 Å². The number of benzene rings is 2. The molecule has 0 fully saturated rings. The summed E-state index contributed by atoms with van der Waals surface area (Å²) in [6, 6.07) is 9.53. The molecular weight excluding hydrogens is 404 g/mol. The number of H-pyrrole nitrogens is 1. The van der Waals surface area contributed by atoms with Crippen LogP contribution in [0.2, 0.25) is 10.2 Å². The van der Waals surface area contributed by atoms with Gasteiger partial charge in [-0.05, 0) is 24.3 Å². The molecule has 0 aliphatic rings. The highest BCUT2D eigenvalue weighted by molar-refractivity contribution is 6.34. The van der Waals surface area contributed by atoms with Crippen LogP contribution in [0.25, 0.3) is 10.9 Å². The monoisotopic (exact) mass is 414 g/mol. The number of halogens is 5. The molecule has 0 unspecified atom stereocenters. The number of hydrogen-bond donors (Lipinski definition) is 3. The second-order valence-corrected chi connectivity index (χ2v) is 6.20. The number of amides is 2. The maximum atomic E-state index is 12.8. The second kappa shape index (κ2) is 7.50. The Morgan fingerprint density at radius 3 is 2.63 bits per heavy atom. The minimum absolute atomic E-state index is 0.0791. The maximum absolute atomic E-state index is 12.8. The number of aromatic amines is 1. The molecule has 0 spiro atoms. The predicted molar refractivity (Wildman–Crippen MR) is 99.5 cm³/mol. The number of carbonyl (C=O) groups excluding carboxylic acids is 1.